The highest BCUT2D eigenvalue weighted by Gasteiger charge is 2.30. The van der Waals surface area contributed by atoms with E-state index in [0.29, 0.717) is 5.89 Å². The lowest BCUT2D eigenvalue weighted by molar-refractivity contribution is 0.590. The third kappa shape index (κ3) is 4.02. The van der Waals surface area contributed by atoms with Crippen molar-refractivity contribution in [3.8, 4) is 45.2 Å². The van der Waals surface area contributed by atoms with Gasteiger partial charge in [-0.25, -0.2) is 4.98 Å². The summed E-state index contributed by atoms with van der Waals surface area (Å²) in [6, 6.07) is 56.1. The van der Waals surface area contributed by atoms with Crippen molar-refractivity contribution < 1.29 is 4.42 Å². The molecule has 0 amide bonds. The lowest BCUT2D eigenvalue weighted by atomic mass is 9.98. The van der Waals surface area contributed by atoms with E-state index in [2.05, 4.69) is 132 Å². The molecule has 0 aliphatic heterocycles. The van der Waals surface area contributed by atoms with Crippen molar-refractivity contribution in [2.45, 2.75) is 0 Å². The normalized spacial score (nSPS) is 11.8. The maximum absolute atomic E-state index is 6.49. The van der Waals surface area contributed by atoms with Gasteiger partial charge in [-0.2, -0.15) is 0 Å². The second-order valence-electron chi connectivity index (χ2n) is 11.9. The average molecular weight is 619 g/mol. The highest BCUT2D eigenvalue weighted by atomic mass is 32.1. The Morgan fingerprint density at radius 1 is 0.489 bits per heavy atom. The summed E-state index contributed by atoms with van der Waals surface area (Å²) in [6.45, 7) is 0. The van der Waals surface area contributed by atoms with Gasteiger partial charge in [-0.15, -0.1) is 11.3 Å². The molecular weight excluding hydrogens is 593 g/mol. The molecule has 0 fully saturated rings. The molecule has 0 N–H and O–H groups in total. The monoisotopic (exact) mass is 618 g/mol. The predicted molar refractivity (Wildman–Crippen MR) is 197 cm³/mol. The third-order valence-electron chi connectivity index (χ3n) is 9.25. The molecule has 3 nitrogen and oxygen atoms in total. The minimum atomic E-state index is 0.650. The van der Waals surface area contributed by atoms with Crippen LogP contribution in [-0.2, 0) is 0 Å². The van der Waals surface area contributed by atoms with Gasteiger partial charge in [0.1, 0.15) is 5.69 Å². The third-order valence-corrected chi connectivity index (χ3v) is 10.4. The maximum Gasteiger partial charge on any atom is 0.227 e. The maximum atomic E-state index is 6.49. The molecule has 9 aromatic rings. The molecule has 220 valence electrons. The molecular formula is C43H26N2OS. The van der Waals surface area contributed by atoms with Crippen LogP contribution in [0.5, 0.6) is 0 Å². The highest BCUT2D eigenvalue weighted by molar-refractivity contribution is 7.25. The standard InChI is InChI=1S/C43H26N2OS/c1-3-12-27(13-4-1)30-16-7-9-20-36(30)45(29-22-25-39-35(26-29)31-17-8-10-21-38(31)47-39)37-24-23-34-40-32(37)18-11-19-33(40)41-42(34)46-43(44-41)28-14-5-2-6-15-28/h1-26H. The van der Waals surface area contributed by atoms with E-state index in [1.807, 2.05) is 41.7 Å². The number of benzene rings is 7. The van der Waals surface area contributed by atoms with Gasteiger partial charge in [-0.1, -0.05) is 103 Å². The second kappa shape index (κ2) is 10.3. The number of hydrogen-bond donors (Lipinski definition) is 0. The van der Waals surface area contributed by atoms with Gasteiger partial charge in [-0.3, -0.25) is 0 Å². The number of thiophene rings is 1. The Bertz CT molecular complexity index is 2610. The van der Waals surface area contributed by atoms with Gasteiger partial charge in [0.25, 0.3) is 0 Å². The molecule has 1 aliphatic rings. The molecule has 7 aromatic carbocycles. The lowest BCUT2D eigenvalue weighted by Crippen LogP contribution is -2.11. The fraction of sp³-hybridized carbons (Fsp3) is 0. The topological polar surface area (TPSA) is 29.3 Å². The number of oxazole rings is 1. The molecule has 1 aliphatic carbocycles. The van der Waals surface area contributed by atoms with Crippen LogP contribution in [0.4, 0.5) is 17.1 Å². The Morgan fingerprint density at radius 3 is 2.06 bits per heavy atom. The minimum Gasteiger partial charge on any atom is -0.435 e. The van der Waals surface area contributed by atoms with Crippen molar-refractivity contribution >= 4 is 59.3 Å². The Morgan fingerprint density at radius 2 is 1.19 bits per heavy atom. The van der Waals surface area contributed by atoms with Crippen LogP contribution in [0.3, 0.4) is 0 Å². The smallest absolute Gasteiger partial charge is 0.227 e. The fourth-order valence-corrected chi connectivity index (χ4v) is 8.24. The summed E-state index contributed by atoms with van der Waals surface area (Å²) < 4.78 is 9.08. The molecule has 0 bridgehead atoms. The largest absolute Gasteiger partial charge is 0.435 e. The number of nitrogens with zero attached hydrogens (tertiary/aromatic N) is 2. The van der Waals surface area contributed by atoms with Gasteiger partial charge in [-0.05, 0) is 60.2 Å². The first-order chi connectivity index (χ1) is 23.3. The SMILES string of the molecule is c1ccc(-c2nc3c(o2)-c2ccc(N(c4ccc5sc6ccccc6c5c4)c4ccccc4-c4ccccc4)c4cccc-3c24)cc1. The highest BCUT2D eigenvalue weighted by Crippen LogP contribution is 2.53. The van der Waals surface area contributed by atoms with Crippen LogP contribution < -0.4 is 4.90 Å². The Hall–Kier alpha value is -5.97. The zero-order valence-corrected chi connectivity index (χ0v) is 26.0. The summed E-state index contributed by atoms with van der Waals surface area (Å²) in [6.07, 6.45) is 0. The van der Waals surface area contributed by atoms with Gasteiger partial charge in [0.2, 0.25) is 5.89 Å². The number of rotatable bonds is 5. The summed E-state index contributed by atoms with van der Waals surface area (Å²) in [5.74, 6) is 1.49. The van der Waals surface area contributed by atoms with Crippen LogP contribution in [-0.4, -0.2) is 4.98 Å². The van der Waals surface area contributed by atoms with E-state index in [4.69, 9.17) is 9.40 Å². The molecule has 0 unspecified atom stereocenters. The number of aromatic nitrogens is 1. The first kappa shape index (κ1) is 26.3. The number of anilines is 3. The van der Waals surface area contributed by atoms with Crippen LogP contribution in [0.1, 0.15) is 0 Å². The summed E-state index contributed by atoms with van der Waals surface area (Å²) in [5, 5.41) is 4.90. The zero-order chi connectivity index (χ0) is 30.9. The van der Waals surface area contributed by atoms with E-state index >= 15 is 0 Å². The van der Waals surface area contributed by atoms with E-state index in [1.54, 1.807) is 0 Å². The molecule has 4 heteroatoms. The molecule has 0 radical (unpaired) electrons. The summed E-state index contributed by atoms with van der Waals surface area (Å²) in [4.78, 5) is 7.45. The van der Waals surface area contributed by atoms with E-state index in [9.17, 15) is 0 Å². The van der Waals surface area contributed by atoms with Crippen molar-refractivity contribution in [3.05, 3.63) is 158 Å². The Kier molecular flexibility index (Phi) is 5.74. The molecule has 2 heterocycles. The van der Waals surface area contributed by atoms with Gasteiger partial charge >= 0.3 is 0 Å². The number of fused-ring (bicyclic) bond motifs is 6. The molecule has 0 saturated heterocycles. The van der Waals surface area contributed by atoms with Crippen molar-refractivity contribution in [2.24, 2.45) is 0 Å². The minimum absolute atomic E-state index is 0.650. The van der Waals surface area contributed by atoms with E-state index in [0.717, 1.165) is 50.6 Å². The van der Waals surface area contributed by atoms with Crippen molar-refractivity contribution in [1.29, 1.82) is 0 Å². The second-order valence-corrected chi connectivity index (χ2v) is 13.0. The van der Waals surface area contributed by atoms with Crippen LogP contribution in [0, 0.1) is 0 Å². The average Bonchev–Trinajstić information content (AvgIpc) is 3.82. The predicted octanol–water partition coefficient (Wildman–Crippen LogP) is 12.6. The Labute approximate surface area is 275 Å². The summed E-state index contributed by atoms with van der Waals surface area (Å²) >= 11 is 1.85. The number of hydrogen-bond acceptors (Lipinski definition) is 4. The van der Waals surface area contributed by atoms with E-state index in [1.165, 1.54) is 36.7 Å². The van der Waals surface area contributed by atoms with Crippen molar-refractivity contribution in [1.82, 2.24) is 4.98 Å². The fourth-order valence-electron chi connectivity index (χ4n) is 7.15. The molecule has 2 aromatic heterocycles. The van der Waals surface area contributed by atoms with Crippen LogP contribution in [0.2, 0.25) is 0 Å². The summed E-state index contributed by atoms with van der Waals surface area (Å²) in [5.41, 5.74) is 9.78. The van der Waals surface area contributed by atoms with E-state index in [-0.39, 0.29) is 0 Å². The molecule has 0 atom stereocenters. The van der Waals surface area contributed by atoms with Crippen LogP contribution >= 0.6 is 11.3 Å². The molecule has 0 spiro atoms. The first-order valence-corrected chi connectivity index (χ1v) is 16.6. The first-order valence-electron chi connectivity index (χ1n) is 15.8. The van der Waals surface area contributed by atoms with Gasteiger partial charge in [0, 0.05) is 58.9 Å². The zero-order valence-electron chi connectivity index (χ0n) is 25.2. The van der Waals surface area contributed by atoms with Crippen LogP contribution in [0.15, 0.2) is 162 Å². The van der Waals surface area contributed by atoms with Crippen molar-refractivity contribution in [2.75, 3.05) is 4.90 Å². The van der Waals surface area contributed by atoms with Crippen molar-refractivity contribution in [3.63, 3.8) is 0 Å². The molecule has 10 rings (SSSR count). The number of para-hydroxylation sites is 1. The Balaban J connectivity index is 1.22. The quantitative estimate of drug-likeness (QED) is 0.192. The van der Waals surface area contributed by atoms with Gasteiger partial charge in [0.05, 0.1) is 11.4 Å². The molecule has 47 heavy (non-hydrogen) atoms. The molecule has 0 saturated carbocycles. The van der Waals surface area contributed by atoms with Crippen LogP contribution in [0.25, 0.3) is 76.1 Å². The van der Waals surface area contributed by atoms with Gasteiger partial charge in [0.15, 0.2) is 5.76 Å². The van der Waals surface area contributed by atoms with Gasteiger partial charge < -0.3 is 9.32 Å². The van der Waals surface area contributed by atoms with E-state index < -0.39 is 0 Å². The lowest BCUT2D eigenvalue weighted by Gasteiger charge is -2.29. The summed E-state index contributed by atoms with van der Waals surface area (Å²) in [7, 11) is 0.